The van der Waals surface area contributed by atoms with Crippen LogP contribution in [0.25, 0.3) is 0 Å². The summed E-state index contributed by atoms with van der Waals surface area (Å²) in [6, 6.07) is 0.585. The smallest absolute Gasteiger partial charge is 0.325 e. The molecule has 0 saturated carbocycles. The molecule has 1 aromatic rings. The second kappa shape index (κ2) is 5.21. The van der Waals surface area contributed by atoms with Gasteiger partial charge in [0.15, 0.2) is 0 Å². The van der Waals surface area contributed by atoms with Crippen LogP contribution in [0.4, 0.5) is 0 Å². The Bertz CT molecular complexity index is 271. The van der Waals surface area contributed by atoms with E-state index in [1.165, 1.54) is 14.2 Å². The van der Waals surface area contributed by atoms with Gasteiger partial charge in [0.1, 0.15) is 0 Å². The molecule has 0 atom stereocenters. The molecule has 0 amide bonds. The largest absolute Gasteiger partial charge is 0.467 e. The fourth-order valence-electron chi connectivity index (χ4n) is 0.761. The summed E-state index contributed by atoms with van der Waals surface area (Å²) in [6.45, 7) is 2.55. The molecule has 6 heteroatoms. The van der Waals surface area contributed by atoms with Crippen LogP contribution < -0.4 is 14.2 Å². The van der Waals surface area contributed by atoms with E-state index >= 15 is 0 Å². The third-order valence-electron chi connectivity index (χ3n) is 1.37. The van der Waals surface area contributed by atoms with Crippen LogP contribution in [0, 0.1) is 0 Å². The first-order valence-corrected chi connectivity index (χ1v) is 4.27. The third kappa shape index (κ3) is 2.72. The quantitative estimate of drug-likeness (QED) is 0.694. The Morgan fingerprint density at radius 3 is 1.86 bits per heavy atom. The molecular weight excluding hydrogens is 186 g/mol. The lowest BCUT2D eigenvalue weighted by Crippen LogP contribution is -2.04. The monoisotopic (exact) mass is 199 g/mol. The molecule has 0 fully saturated rings. The van der Waals surface area contributed by atoms with Crippen LogP contribution in [0.1, 0.15) is 13.3 Å². The Labute approximate surface area is 82.3 Å². The number of aromatic nitrogens is 3. The second-order valence-corrected chi connectivity index (χ2v) is 2.44. The van der Waals surface area contributed by atoms with Gasteiger partial charge < -0.3 is 14.2 Å². The van der Waals surface area contributed by atoms with Gasteiger partial charge in [-0.3, -0.25) is 0 Å². The Kier molecular flexibility index (Phi) is 3.90. The summed E-state index contributed by atoms with van der Waals surface area (Å²) >= 11 is 0. The van der Waals surface area contributed by atoms with E-state index in [4.69, 9.17) is 14.2 Å². The summed E-state index contributed by atoms with van der Waals surface area (Å²) < 4.78 is 14.9. The molecule has 0 unspecified atom stereocenters. The maximum absolute atomic E-state index is 5.22. The van der Waals surface area contributed by atoms with Gasteiger partial charge in [0.05, 0.1) is 20.8 Å². The molecule has 0 saturated heterocycles. The van der Waals surface area contributed by atoms with E-state index in [-0.39, 0.29) is 18.0 Å². The summed E-state index contributed by atoms with van der Waals surface area (Å²) in [5.41, 5.74) is 0. The van der Waals surface area contributed by atoms with E-state index < -0.39 is 0 Å². The normalized spacial score (nSPS) is 9.64. The van der Waals surface area contributed by atoms with Crippen molar-refractivity contribution < 1.29 is 14.2 Å². The molecule has 0 aromatic carbocycles. The number of hydrogen-bond acceptors (Lipinski definition) is 6. The molecule has 1 rings (SSSR count). The van der Waals surface area contributed by atoms with E-state index in [1.807, 2.05) is 6.92 Å². The van der Waals surface area contributed by atoms with Crippen molar-refractivity contribution in [3.8, 4) is 18.0 Å². The van der Waals surface area contributed by atoms with Gasteiger partial charge in [0.2, 0.25) is 0 Å². The van der Waals surface area contributed by atoms with Gasteiger partial charge in [-0.1, -0.05) is 6.92 Å². The highest BCUT2D eigenvalue weighted by Crippen LogP contribution is 2.13. The first-order valence-electron chi connectivity index (χ1n) is 4.27. The first-order chi connectivity index (χ1) is 6.80. The Hall–Kier alpha value is -1.59. The number of methoxy groups -OCH3 is 2. The van der Waals surface area contributed by atoms with Crippen molar-refractivity contribution in [2.45, 2.75) is 13.3 Å². The first kappa shape index (κ1) is 10.5. The molecule has 0 aliphatic rings. The molecule has 0 N–H and O–H groups in total. The summed E-state index contributed by atoms with van der Waals surface area (Å²) in [6.07, 6.45) is 0.885. The van der Waals surface area contributed by atoms with Crippen molar-refractivity contribution in [2.75, 3.05) is 20.8 Å². The minimum Gasteiger partial charge on any atom is -0.467 e. The van der Waals surface area contributed by atoms with Crippen molar-refractivity contribution in [3.63, 3.8) is 0 Å². The van der Waals surface area contributed by atoms with E-state index in [9.17, 15) is 0 Å². The zero-order valence-corrected chi connectivity index (χ0v) is 8.48. The highest BCUT2D eigenvalue weighted by atomic mass is 16.5. The molecule has 78 valence electrons. The van der Waals surface area contributed by atoms with Crippen molar-refractivity contribution in [1.82, 2.24) is 15.0 Å². The Balaban J connectivity index is 2.81. The van der Waals surface area contributed by atoms with Crippen molar-refractivity contribution >= 4 is 0 Å². The predicted octanol–water partition coefficient (Wildman–Crippen LogP) is 0.678. The van der Waals surface area contributed by atoms with Crippen LogP contribution in [-0.4, -0.2) is 35.8 Å². The lowest BCUT2D eigenvalue weighted by atomic mass is 10.5. The van der Waals surface area contributed by atoms with Crippen LogP contribution in [0.2, 0.25) is 0 Å². The predicted molar refractivity (Wildman–Crippen MR) is 48.7 cm³/mol. The molecule has 0 aliphatic heterocycles. The van der Waals surface area contributed by atoms with Crippen LogP contribution in [0.3, 0.4) is 0 Å². The summed E-state index contributed by atoms with van der Waals surface area (Å²) in [5, 5.41) is 0. The minimum absolute atomic E-state index is 0.183. The van der Waals surface area contributed by atoms with Gasteiger partial charge in [0.25, 0.3) is 0 Å². The maximum atomic E-state index is 5.22. The third-order valence-corrected chi connectivity index (χ3v) is 1.37. The molecule has 0 radical (unpaired) electrons. The molecule has 1 aromatic heterocycles. The van der Waals surface area contributed by atoms with E-state index in [1.54, 1.807) is 0 Å². The Morgan fingerprint density at radius 1 is 0.929 bits per heavy atom. The van der Waals surface area contributed by atoms with E-state index in [2.05, 4.69) is 15.0 Å². The highest BCUT2D eigenvalue weighted by molar-refractivity contribution is 5.08. The summed E-state index contributed by atoms with van der Waals surface area (Å²) in [4.78, 5) is 11.6. The zero-order valence-electron chi connectivity index (χ0n) is 8.48. The molecule has 14 heavy (non-hydrogen) atoms. The fraction of sp³-hybridized carbons (Fsp3) is 0.625. The topological polar surface area (TPSA) is 66.4 Å². The Morgan fingerprint density at radius 2 is 1.43 bits per heavy atom. The average Bonchev–Trinajstić information content (AvgIpc) is 2.25. The average molecular weight is 199 g/mol. The number of ether oxygens (including phenoxy) is 3. The van der Waals surface area contributed by atoms with Gasteiger partial charge in [-0.15, -0.1) is 15.0 Å². The standard InChI is InChI=1S/C8H13N3O3/c1-4-5-14-8-10-6(12-2)9-7(11-8)13-3/h4-5H2,1-3H3. The van der Waals surface area contributed by atoms with E-state index in [0.717, 1.165) is 6.42 Å². The van der Waals surface area contributed by atoms with Crippen LogP contribution >= 0.6 is 0 Å². The van der Waals surface area contributed by atoms with Crippen molar-refractivity contribution in [3.05, 3.63) is 0 Å². The highest BCUT2D eigenvalue weighted by Gasteiger charge is 2.07. The van der Waals surface area contributed by atoms with Gasteiger partial charge in [-0.25, -0.2) is 0 Å². The van der Waals surface area contributed by atoms with Crippen molar-refractivity contribution in [1.29, 1.82) is 0 Å². The molecule has 0 aliphatic carbocycles. The SMILES string of the molecule is CCCOc1nc(OC)nc(OC)n1. The van der Waals surface area contributed by atoms with Gasteiger partial charge in [-0.2, -0.15) is 0 Å². The molecule has 1 heterocycles. The maximum Gasteiger partial charge on any atom is 0.325 e. The minimum atomic E-state index is 0.183. The lowest BCUT2D eigenvalue weighted by molar-refractivity contribution is 0.267. The molecular formula is C8H13N3O3. The second-order valence-electron chi connectivity index (χ2n) is 2.44. The van der Waals surface area contributed by atoms with E-state index in [0.29, 0.717) is 6.61 Å². The summed E-state index contributed by atoms with van der Waals surface area (Å²) in [7, 11) is 2.94. The summed E-state index contributed by atoms with van der Waals surface area (Å²) in [5.74, 6) is 0. The van der Waals surface area contributed by atoms with Crippen LogP contribution in [-0.2, 0) is 0 Å². The van der Waals surface area contributed by atoms with Crippen LogP contribution in [0.15, 0.2) is 0 Å². The van der Waals surface area contributed by atoms with Crippen molar-refractivity contribution in [2.24, 2.45) is 0 Å². The van der Waals surface area contributed by atoms with Crippen LogP contribution in [0.5, 0.6) is 18.0 Å². The number of nitrogens with zero attached hydrogens (tertiary/aromatic N) is 3. The molecule has 0 bridgehead atoms. The lowest BCUT2D eigenvalue weighted by Gasteiger charge is -2.05. The zero-order chi connectivity index (χ0) is 10.4. The number of hydrogen-bond donors (Lipinski definition) is 0. The van der Waals surface area contributed by atoms with Gasteiger partial charge >= 0.3 is 18.0 Å². The van der Waals surface area contributed by atoms with Gasteiger partial charge in [-0.05, 0) is 6.42 Å². The fourth-order valence-corrected chi connectivity index (χ4v) is 0.761. The molecule has 6 nitrogen and oxygen atoms in total. The van der Waals surface area contributed by atoms with Gasteiger partial charge in [0, 0.05) is 0 Å². The number of rotatable bonds is 5. The molecule has 0 spiro atoms.